The number of fused-ring (bicyclic) bond motifs is 4. The zero-order valence-electron chi connectivity index (χ0n) is 33.2. The Morgan fingerprint density at radius 3 is 1.55 bits per heavy atom. The summed E-state index contributed by atoms with van der Waals surface area (Å²) in [6.45, 7) is 0. The lowest BCUT2D eigenvalue weighted by atomic mass is 9.97. The number of carbonyl (C=O) groups excluding carboxylic acids is 2. The number of ether oxygens (including phenoxy) is 1. The quantitative estimate of drug-likeness (QED) is 0.130. The second kappa shape index (κ2) is 16.3. The molecule has 11 heteroatoms. The van der Waals surface area contributed by atoms with Crippen LogP contribution >= 0.6 is 0 Å². The van der Waals surface area contributed by atoms with Gasteiger partial charge < -0.3 is 4.74 Å². The van der Waals surface area contributed by atoms with E-state index in [9.17, 15) is 26.4 Å². The van der Waals surface area contributed by atoms with Crippen molar-refractivity contribution in [1.29, 1.82) is 0 Å². The Kier molecular flexibility index (Phi) is 10.5. The lowest BCUT2D eigenvalue weighted by Gasteiger charge is -2.10. The summed E-state index contributed by atoms with van der Waals surface area (Å²) in [5.41, 5.74) is 8.44. The van der Waals surface area contributed by atoms with Crippen LogP contribution in [0, 0.1) is 0 Å². The van der Waals surface area contributed by atoms with E-state index in [1.807, 2.05) is 127 Å². The van der Waals surface area contributed by atoms with E-state index in [-0.39, 0.29) is 34.2 Å². The number of hydrogen-bond acceptors (Lipinski definition) is 9. The van der Waals surface area contributed by atoms with Crippen LogP contribution in [0.5, 0.6) is 0 Å². The van der Waals surface area contributed by atoms with Gasteiger partial charge in [0.1, 0.15) is 5.76 Å². The number of nitrogens with zero attached hydrogens (tertiary/aromatic N) is 2. The SMILES string of the molecule is COC1=CS(=O)(=O)c2cc(CC(=O)c3cc(-c4ccccc4)nc4ccccc34)ccc21.O=C(Cc1ccc2c(c1)S(=O)(=O)C=C2)c1cc(-c2ccccc2)nc2ccccc12. The summed E-state index contributed by atoms with van der Waals surface area (Å²) in [5.74, 6) is 0.135. The lowest BCUT2D eigenvalue weighted by molar-refractivity contribution is 0.0986. The number of sulfone groups is 2. The van der Waals surface area contributed by atoms with E-state index in [1.165, 1.54) is 12.5 Å². The molecule has 0 aliphatic carbocycles. The van der Waals surface area contributed by atoms with Crippen molar-refractivity contribution < 1.29 is 31.2 Å². The summed E-state index contributed by atoms with van der Waals surface area (Å²) in [7, 11) is -5.55. The highest BCUT2D eigenvalue weighted by Crippen LogP contribution is 2.35. The van der Waals surface area contributed by atoms with E-state index in [4.69, 9.17) is 14.7 Å². The molecule has 2 aliphatic heterocycles. The Morgan fingerprint density at radius 1 is 0.532 bits per heavy atom. The van der Waals surface area contributed by atoms with Crippen molar-refractivity contribution in [3.05, 3.63) is 202 Å². The predicted octanol–water partition coefficient (Wildman–Crippen LogP) is 10.1. The standard InChI is InChI=1S/C26H19NO4S.C25H17NO3S/c1-31-25-16-32(29,30)26-14-17(11-12-20(25)26)13-24(28)21-15-23(18-7-3-2-4-8-18)27-22-10-6-5-9-19(21)22;27-24(14-17-10-11-19-12-13-30(28,29)25(19)15-17)21-16-23(18-6-2-1-3-7-18)26-22-9-5-4-8-20(21)22/h2-12,14-16H,13H2,1H3;1-13,15-16H,14H2. The molecule has 9 nitrogen and oxygen atoms in total. The molecule has 0 amide bonds. The lowest BCUT2D eigenvalue weighted by Crippen LogP contribution is -2.07. The third-order valence-electron chi connectivity index (χ3n) is 10.8. The van der Waals surface area contributed by atoms with Crippen LogP contribution in [0.15, 0.2) is 178 Å². The maximum Gasteiger partial charge on any atom is 0.204 e. The molecule has 2 aromatic heterocycles. The van der Waals surface area contributed by atoms with Crippen LogP contribution in [-0.2, 0) is 37.3 Å². The van der Waals surface area contributed by atoms with Gasteiger partial charge in [-0.1, -0.05) is 115 Å². The van der Waals surface area contributed by atoms with Crippen LogP contribution < -0.4 is 0 Å². The van der Waals surface area contributed by atoms with Gasteiger partial charge in [-0.05, 0) is 65.2 Å². The van der Waals surface area contributed by atoms with E-state index >= 15 is 0 Å². The van der Waals surface area contributed by atoms with Crippen molar-refractivity contribution >= 4 is 64.9 Å². The zero-order chi connectivity index (χ0) is 43.0. The molecule has 10 rings (SSSR count). The number of aromatic nitrogens is 2. The fourth-order valence-electron chi connectivity index (χ4n) is 7.74. The molecule has 0 saturated heterocycles. The minimum absolute atomic E-state index is 0.0749. The molecule has 0 bridgehead atoms. The van der Waals surface area contributed by atoms with Gasteiger partial charge in [0.15, 0.2) is 21.4 Å². The molecule has 0 saturated carbocycles. The Labute approximate surface area is 358 Å². The number of benzene rings is 6. The number of Topliss-reactive ketones (excluding diaryl/α,β-unsaturated/α-hetero) is 2. The molecule has 4 heterocycles. The number of carbonyl (C=O) groups is 2. The molecule has 6 aromatic carbocycles. The number of pyridine rings is 2. The van der Waals surface area contributed by atoms with E-state index in [1.54, 1.807) is 36.4 Å². The summed E-state index contributed by atoms with van der Waals surface area (Å²) in [4.78, 5) is 36.5. The van der Waals surface area contributed by atoms with Gasteiger partial charge in [0, 0.05) is 56.8 Å². The Balaban J connectivity index is 0.000000158. The molecule has 0 spiro atoms. The summed E-state index contributed by atoms with van der Waals surface area (Å²) in [6.07, 6.45) is 1.77. The molecule has 0 radical (unpaired) electrons. The average molecular weight is 853 g/mol. The van der Waals surface area contributed by atoms with Crippen molar-refractivity contribution in [1.82, 2.24) is 9.97 Å². The fraction of sp³-hybridized carbons (Fsp3) is 0.0588. The molecular weight excluding hydrogens is 817 g/mol. The van der Waals surface area contributed by atoms with Crippen molar-refractivity contribution in [2.24, 2.45) is 0 Å². The second-order valence-corrected chi connectivity index (χ2v) is 18.4. The van der Waals surface area contributed by atoms with Gasteiger partial charge in [0.2, 0.25) is 9.84 Å². The molecule has 62 heavy (non-hydrogen) atoms. The predicted molar refractivity (Wildman–Crippen MR) is 242 cm³/mol. The van der Waals surface area contributed by atoms with Crippen LogP contribution in [0.25, 0.3) is 56.2 Å². The summed E-state index contributed by atoms with van der Waals surface area (Å²) >= 11 is 0. The van der Waals surface area contributed by atoms with Crippen LogP contribution in [0.3, 0.4) is 0 Å². The second-order valence-electron chi connectivity index (χ2n) is 14.9. The van der Waals surface area contributed by atoms with Gasteiger partial charge >= 0.3 is 0 Å². The first kappa shape index (κ1) is 40.1. The van der Waals surface area contributed by atoms with Crippen molar-refractivity contribution in [2.75, 3.05) is 7.11 Å². The van der Waals surface area contributed by atoms with Gasteiger partial charge in [0.05, 0.1) is 44.7 Å². The van der Waals surface area contributed by atoms with Gasteiger partial charge in [0.25, 0.3) is 0 Å². The summed E-state index contributed by atoms with van der Waals surface area (Å²) < 4.78 is 54.4. The first-order chi connectivity index (χ1) is 30.0. The third kappa shape index (κ3) is 7.87. The number of methoxy groups -OCH3 is 1. The monoisotopic (exact) mass is 852 g/mol. The number of para-hydroxylation sites is 2. The maximum absolute atomic E-state index is 13.4. The summed E-state index contributed by atoms with van der Waals surface area (Å²) in [5, 5.41) is 3.88. The minimum atomic E-state index is -3.58. The molecular formula is C51H36N2O7S2. The third-order valence-corrected chi connectivity index (χ3v) is 13.7. The van der Waals surface area contributed by atoms with Crippen molar-refractivity contribution in [2.45, 2.75) is 22.6 Å². The van der Waals surface area contributed by atoms with E-state index in [0.717, 1.165) is 49.7 Å². The topological polar surface area (TPSA) is 137 Å². The number of ketones is 2. The van der Waals surface area contributed by atoms with Gasteiger partial charge in [-0.2, -0.15) is 0 Å². The molecule has 0 unspecified atom stereocenters. The van der Waals surface area contributed by atoms with E-state index in [0.29, 0.717) is 39.1 Å². The van der Waals surface area contributed by atoms with Gasteiger partial charge in [-0.25, -0.2) is 26.8 Å². The highest BCUT2D eigenvalue weighted by molar-refractivity contribution is 7.95. The van der Waals surface area contributed by atoms with Crippen LogP contribution in [0.1, 0.15) is 43.0 Å². The average Bonchev–Trinajstić information content (AvgIpc) is 3.75. The Morgan fingerprint density at radius 2 is 1.02 bits per heavy atom. The zero-order valence-corrected chi connectivity index (χ0v) is 34.9. The highest BCUT2D eigenvalue weighted by Gasteiger charge is 2.29. The largest absolute Gasteiger partial charge is 0.495 e. The molecule has 8 aromatic rings. The number of rotatable bonds is 9. The van der Waals surface area contributed by atoms with E-state index < -0.39 is 19.7 Å². The number of hydrogen-bond donors (Lipinski definition) is 0. The first-order valence-corrected chi connectivity index (χ1v) is 22.7. The van der Waals surface area contributed by atoms with Crippen LogP contribution in [-0.4, -0.2) is 45.5 Å². The fourth-order valence-corrected chi connectivity index (χ4v) is 10.4. The van der Waals surface area contributed by atoms with Crippen LogP contribution in [0.4, 0.5) is 0 Å². The van der Waals surface area contributed by atoms with Crippen molar-refractivity contribution in [3.63, 3.8) is 0 Å². The van der Waals surface area contributed by atoms with Crippen LogP contribution in [0.2, 0.25) is 0 Å². The molecule has 304 valence electrons. The van der Waals surface area contributed by atoms with E-state index in [2.05, 4.69) is 0 Å². The summed E-state index contributed by atoms with van der Waals surface area (Å²) in [6, 6.07) is 48.4. The highest BCUT2D eigenvalue weighted by atomic mass is 32.2. The Hall–Kier alpha value is -7.34. The minimum Gasteiger partial charge on any atom is -0.495 e. The molecule has 2 aliphatic rings. The van der Waals surface area contributed by atoms with Gasteiger partial charge in [-0.3, -0.25) is 9.59 Å². The maximum atomic E-state index is 13.4. The van der Waals surface area contributed by atoms with Gasteiger partial charge in [-0.15, -0.1) is 0 Å². The Bertz CT molecular complexity index is 3400. The normalized spacial score (nSPS) is 14.0. The molecule has 0 atom stereocenters. The van der Waals surface area contributed by atoms with Crippen molar-refractivity contribution in [3.8, 4) is 22.5 Å². The first-order valence-electron chi connectivity index (χ1n) is 19.6. The molecule has 0 fully saturated rings. The molecule has 0 N–H and O–H groups in total. The smallest absolute Gasteiger partial charge is 0.204 e.